The van der Waals surface area contributed by atoms with Crippen LogP contribution in [0.25, 0.3) is 0 Å². The van der Waals surface area contributed by atoms with Gasteiger partial charge >= 0.3 is 0 Å². The topological polar surface area (TPSA) is 74.7 Å². The van der Waals surface area contributed by atoms with Crippen molar-refractivity contribution < 1.29 is 5.21 Å². The van der Waals surface area contributed by atoms with Gasteiger partial charge in [-0.3, -0.25) is 0 Å². The van der Waals surface area contributed by atoms with E-state index >= 15 is 0 Å². The Morgan fingerprint density at radius 2 is 1.95 bits per heavy atom. The fraction of sp³-hybridized carbons (Fsp3) is 0.250. The lowest BCUT2D eigenvalue weighted by molar-refractivity contribution is 0.318. The maximum absolute atomic E-state index is 8.81. The first-order valence-corrected chi connectivity index (χ1v) is 6.84. The van der Waals surface area contributed by atoms with Gasteiger partial charge in [0.05, 0.1) is 0 Å². The van der Waals surface area contributed by atoms with E-state index in [0.717, 1.165) is 23.6 Å². The third-order valence-corrected chi connectivity index (χ3v) is 3.42. The van der Waals surface area contributed by atoms with Gasteiger partial charge < -0.3 is 15.8 Å². The number of nitrogens with zero attached hydrogens (tertiary/aromatic N) is 3. The third kappa shape index (κ3) is 3.31. The Kier molecular flexibility index (Phi) is 4.42. The van der Waals surface area contributed by atoms with Gasteiger partial charge in [-0.1, -0.05) is 24.2 Å². The van der Waals surface area contributed by atoms with E-state index in [-0.39, 0.29) is 5.84 Å². The number of hydrogen-bond donors (Lipinski definition) is 2. The molecule has 0 radical (unpaired) electrons. The lowest BCUT2D eigenvalue weighted by Crippen LogP contribution is -2.17. The van der Waals surface area contributed by atoms with Crippen LogP contribution in [0.4, 0.5) is 11.5 Å². The lowest BCUT2D eigenvalue weighted by atomic mass is 10.1. The molecule has 0 aliphatic rings. The summed E-state index contributed by atoms with van der Waals surface area (Å²) in [5, 5.41) is 11.9. The Morgan fingerprint density at radius 1 is 1.29 bits per heavy atom. The predicted molar refractivity (Wildman–Crippen MR) is 85.4 cm³/mol. The molecule has 0 spiro atoms. The molecule has 0 amide bonds. The van der Waals surface area contributed by atoms with Crippen LogP contribution in [0.1, 0.15) is 23.7 Å². The average molecular weight is 284 g/mol. The molecule has 0 unspecified atom stereocenters. The van der Waals surface area contributed by atoms with Crippen LogP contribution in [0, 0.1) is 6.92 Å². The van der Waals surface area contributed by atoms with E-state index in [1.165, 1.54) is 5.56 Å². The molecule has 1 aromatic heterocycles. The predicted octanol–water partition coefficient (Wildman–Crippen LogP) is 2.81. The van der Waals surface area contributed by atoms with Gasteiger partial charge in [-0.15, -0.1) is 0 Å². The van der Waals surface area contributed by atoms with Crippen LogP contribution in [-0.2, 0) is 6.42 Å². The summed E-state index contributed by atoms with van der Waals surface area (Å²) in [6, 6.07) is 11.9. The normalized spacial score (nSPS) is 11.5. The summed E-state index contributed by atoms with van der Waals surface area (Å²) < 4.78 is 0. The number of nitrogens with two attached hydrogens (primary N) is 1. The SMILES string of the molecule is CCc1ccc(N(C)c2cc(/C(N)=N/O)cc(C)n2)cc1. The first kappa shape index (κ1) is 14.8. The summed E-state index contributed by atoms with van der Waals surface area (Å²) in [4.78, 5) is 6.48. The monoisotopic (exact) mass is 284 g/mol. The van der Waals surface area contributed by atoms with Crippen molar-refractivity contribution >= 4 is 17.3 Å². The first-order valence-electron chi connectivity index (χ1n) is 6.84. The Labute approximate surface area is 124 Å². The van der Waals surface area contributed by atoms with E-state index < -0.39 is 0 Å². The highest BCUT2D eigenvalue weighted by atomic mass is 16.4. The number of benzene rings is 1. The minimum atomic E-state index is 0.0801. The maximum Gasteiger partial charge on any atom is 0.170 e. The Bertz CT molecular complexity index is 650. The van der Waals surface area contributed by atoms with E-state index in [2.05, 4.69) is 41.3 Å². The van der Waals surface area contributed by atoms with E-state index in [4.69, 9.17) is 10.9 Å². The van der Waals surface area contributed by atoms with Gasteiger partial charge in [0.15, 0.2) is 5.84 Å². The van der Waals surface area contributed by atoms with E-state index in [1.807, 2.05) is 18.9 Å². The smallest absolute Gasteiger partial charge is 0.170 e. The molecule has 21 heavy (non-hydrogen) atoms. The number of hydrogen-bond acceptors (Lipinski definition) is 4. The molecule has 1 heterocycles. The van der Waals surface area contributed by atoms with Crippen molar-refractivity contribution in [1.82, 2.24) is 4.98 Å². The van der Waals surface area contributed by atoms with Gasteiger partial charge in [-0.25, -0.2) is 4.98 Å². The van der Waals surface area contributed by atoms with E-state index in [1.54, 1.807) is 12.1 Å². The number of aryl methyl sites for hydroxylation is 2. The van der Waals surface area contributed by atoms with Crippen molar-refractivity contribution in [3.8, 4) is 0 Å². The van der Waals surface area contributed by atoms with E-state index in [9.17, 15) is 0 Å². The van der Waals surface area contributed by atoms with Gasteiger partial charge in [0.25, 0.3) is 0 Å². The molecule has 0 aliphatic heterocycles. The van der Waals surface area contributed by atoms with Crippen LogP contribution in [0.5, 0.6) is 0 Å². The van der Waals surface area contributed by atoms with Crippen LogP contribution >= 0.6 is 0 Å². The van der Waals surface area contributed by atoms with Crippen LogP contribution in [-0.4, -0.2) is 23.1 Å². The van der Waals surface area contributed by atoms with Crippen molar-refractivity contribution in [3.63, 3.8) is 0 Å². The molecule has 0 saturated carbocycles. The van der Waals surface area contributed by atoms with Crippen LogP contribution in [0.15, 0.2) is 41.6 Å². The molecule has 2 aromatic rings. The van der Waals surface area contributed by atoms with Crippen molar-refractivity contribution in [3.05, 3.63) is 53.2 Å². The molecule has 0 fully saturated rings. The summed E-state index contributed by atoms with van der Waals surface area (Å²) in [5.74, 6) is 0.831. The standard InChI is InChI=1S/C16H20N4O/c1-4-12-5-7-14(8-6-12)20(3)15-10-13(16(17)19-21)9-11(2)18-15/h5-10,21H,4H2,1-3H3,(H2,17,19). The van der Waals surface area contributed by atoms with Crippen molar-refractivity contribution in [1.29, 1.82) is 0 Å². The molecule has 0 saturated heterocycles. The van der Waals surface area contributed by atoms with Gasteiger partial charge in [0.2, 0.25) is 0 Å². The quantitative estimate of drug-likeness (QED) is 0.392. The van der Waals surface area contributed by atoms with Crippen molar-refractivity contribution in [2.75, 3.05) is 11.9 Å². The minimum absolute atomic E-state index is 0.0801. The second kappa shape index (κ2) is 6.26. The fourth-order valence-corrected chi connectivity index (χ4v) is 2.12. The van der Waals surface area contributed by atoms with Crippen LogP contribution < -0.4 is 10.6 Å². The molecule has 0 atom stereocenters. The Hall–Kier alpha value is -2.56. The zero-order chi connectivity index (χ0) is 15.4. The Morgan fingerprint density at radius 3 is 2.52 bits per heavy atom. The minimum Gasteiger partial charge on any atom is -0.409 e. The summed E-state index contributed by atoms with van der Waals surface area (Å²) in [6.45, 7) is 4.01. The number of oxime groups is 1. The molecular formula is C16H20N4O. The van der Waals surface area contributed by atoms with Crippen molar-refractivity contribution in [2.45, 2.75) is 20.3 Å². The zero-order valence-electron chi connectivity index (χ0n) is 12.5. The molecule has 2 rings (SSSR count). The largest absolute Gasteiger partial charge is 0.409 e. The highest BCUT2D eigenvalue weighted by Gasteiger charge is 2.09. The number of amidine groups is 1. The molecule has 5 heteroatoms. The molecule has 3 N–H and O–H groups in total. The molecule has 1 aromatic carbocycles. The van der Waals surface area contributed by atoms with Gasteiger partial charge in [-0.2, -0.15) is 0 Å². The van der Waals surface area contributed by atoms with Gasteiger partial charge in [0, 0.05) is 24.0 Å². The number of rotatable bonds is 4. The highest BCUT2D eigenvalue weighted by molar-refractivity contribution is 5.97. The molecule has 0 bridgehead atoms. The number of pyridine rings is 1. The summed E-state index contributed by atoms with van der Waals surface area (Å²) in [6.07, 6.45) is 1.01. The third-order valence-electron chi connectivity index (χ3n) is 3.42. The molecule has 110 valence electrons. The summed E-state index contributed by atoms with van der Waals surface area (Å²) in [7, 11) is 1.94. The summed E-state index contributed by atoms with van der Waals surface area (Å²) >= 11 is 0. The second-order valence-corrected chi connectivity index (χ2v) is 4.92. The molecular weight excluding hydrogens is 264 g/mol. The number of aromatic nitrogens is 1. The first-order chi connectivity index (χ1) is 10.0. The van der Waals surface area contributed by atoms with Gasteiger partial charge in [0.1, 0.15) is 5.82 Å². The van der Waals surface area contributed by atoms with Crippen molar-refractivity contribution in [2.24, 2.45) is 10.9 Å². The summed E-state index contributed by atoms with van der Waals surface area (Å²) in [5.41, 5.74) is 9.45. The highest BCUT2D eigenvalue weighted by Crippen LogP contribution is 2.23. The second-order valence-electron chi connectivity index (χ2n) is 4.92. The molecule has 5 nitrogen and oxygen atoms in total. The maximum atomic E-state index is 8.81. The van der Waals surface area contributed by atoms with E-state index in [0.29, 0.717) is 5.56 Å². The fourth-order valence-electron chi connectivity index (χ4n) is 2.12. The van der Waals surface area contributed by atoms with Crippen LogP contribution in [0.2, 0.25) is 0 Å². The number of anilines is 2. The van der Waals surface area contributed by atoms with Gasteiger partial charge in [-0.05, 0) is 43.2 Å². The Balaban J connectivity index is 2.37. The average Bonchev–Trinajstić information content (AvgIpc) is 2.52. The lowest BCUT2D eigenvalue weighted by Gasteiger charge is -2.20. The zero-order valence-corrected chi connectivity index (χ0v) is 12.5. The molecule has 0 aliphatic carbocycles. The van der Waals surface area contributed by atoms with Crippen LogP contribution in [0.3, 0.4) is 0 Å².